The summed E-state index contributed by atoms with van der Waals surface area (Å²) in [7, 11) is -18.2. The van der Waals surface area contributed by atoms with E-state index in [4.69, 9.17) is 44.2 Å². The minimum absolute atomic E-state index is 0.0738. The topological polar surface area (TPSA) is 404 Å². The van der Waals surface area contributed by atoms with Crippen molar-refractivity contribution in [1.29, 1.82) is 0 Å². The predicted molar refractivity (Wildman–Crippen MR) is 359 cm³/mol. The quantitative estimate of drug-likeness (QED) is 0.00929. The molecule has 29 nitrogen and oxygen atoms in total. The van der Waals surface area contributed by atoms with E-state index in [1.165, 1.54) is 54.3 Å². The van der Waals surface area contributed by atoms with Crippen molar-refractivity contribution in [2.75, 3.05) is 71.3 Å². The number of anilines is 1. The molecule has 98 heavy (non-hydrogen) atoms. The first-order valence-electron chi connectivity index (χ1n) is 30.8. The number of carbonyl (C=O) groups is 2. The summed E-state index contributed by atoms with van der Waals surface area (Å²) >= 11 is 0. The second-order valence-corrected chi connectivity index (χ2v) is 29.2. The average Bonchev–Trinajstić information content (AvgIpc) is 1.56. The Morgan fingerprint density at radius 3 is 2.00 bits per heavy atom. The number of hydrogen-bond acceptors (Lipinski definition) is 23. The van der Waals surface area contributed by atoms with Crippen LogP contribution in [0.5, 0.6) is 5.75 Å². The summed E-state index contributed by atoms with van der Waals surface area (Å²) in [6, 6.07) is 21.5. The number of benzene rings is 5. The van der Waals surface area contributed by atoms with E-state index >= 15 is 0 Å². The number of hydroxylamine groups is 1. The standard InChI is InChI=1S/C64H80N8O15S3.2O3S/c1-9-70-53-31-29-50-51(17-16-18-55(50)90(81,82)83)59(53)63(4,5)56(70)19-12-10-13-20-57-64(6,7)60-52-41-49(89(78,79)80)26-22-45(52)23-30-54(60)71(57)33-15-11-14-21-58(73)65-32-35-85-37-39-87-40-38-86-36-34-69-42-46(66-68-69)43-72(61(44(2)3)62(74)67-75)88(76,77)48-27-24-47(84-8)25-28-48;2*1-4(2)3/h10,12-13,16-20,22-31,41-42,44,61H,9,11,14-15,21,32-40,43H2,1-8H3,(H4-,65,66,67,68,73,74,75,78,79,80,81,82,83);;/t61-;;/m1../s1. The van der Waals surface area contributed by atoms with Crippen LogP contribution in [-0.4, -0.2) is 179 Å². The maximum absolute atomic E-state index is 13.9. The maximum atomic E-state index is 13.9. The summed E-state index contributed by atoms with van der Waals surface area (Å²) in [6.07, 6.45) is 14.0. The monoisotopic (exact) mass is 1460 g/mol. The number of aromatic nitrogens is 3. The zero-order valence-electron chi connectivity index (χ0n) is 55.2. The Kier molecular flexibility index (Phi) is 28.3. The molecule has 8 rings (SSSR count). The molecule has 6 aromatic rings. The number of rotatable bonds is 32. The number of nitrogens with zero attached hydrogens (tertiary/aromatic N) is 6. The van der Waals surface area contributed by atoms with Gasteiger partial charge in [0, 0.05) is 72.0 Å². The Balaban J connectivity index is 0.00000179. The Hall–Kier alpha value is -8.00. The normalized spacial score (nSPS) is 14.9. The highest BCUT2D eigenvalue weighted by Gasteiger charge is 2.46. The minimum atomic E-state index is -4.73. The summed E-state index contributed by atoms with van der Waals surface area (Å²) in [5, 5.41) is 23.3. The number of sulfonamides is 1. The van der Waals surface area contributed by atoms with Crippen LogP contribution in [0, 0.1) is 5.92 Å². The summed E-state index contributed by atoms with van der Waals surface area (Å²) < 4.78 is 177. The van der Waals surface area contributed by atoms with Gasteiger partial charge >= 0.3 is 21.2 Å². The third-order valence-electron chi connectivity index (χ3n) is 16.2. The molecule has 0 saturated carbocycles. The highest BCUT2D eigenvalue weighted by molar-refractivity contribution is 7.89. The van der Waals surface area contributed by atoms with Crippen molar-refractivity contribution in [3.63, 3.8) is 0 Å². The van der Waals surface area contributed by atoms with Crippen molar-refractivity contribution in [3.8, 4) is 5.75 Å². The van der Waals surface area contributed by atoms with Gasteiger partial charge < -0.3 is 33.7 Å². The highest BCUT2D eigenvalue weighted by atomic mass is 32.2. The van der Waals surface area contributed by atoms with Crippen molar-refractivity contribution in [2.45, 2.75) is 119 Å². The Bertz CT molecular complexity index is 4540. The van der Waals surface area contributed by atoms with E-state index in [-0.39, 0.29) is 46.0 Å². The Morgan fingerprint density at radius 1 is 0.755 bits per heavy atom. The van der Waals surface area contributed by atoms with E-state index in [0.29, 0.717) is 82.0 Å². The Labute approximate surface area is 572 Å². The van der Waals surface area contributed by atoms with Crippen molar-refractivity contribution >= 4 is 102 Å². The second-order valence-electron chi connectivity index (χ2n) is 23.7. The lowest BCUT2D eigenvalue weighted by Crippen LogP contribution is -2.51. The SMILES string of the molecule is CCN1\C(=C/C=C/C=C/C2=[N+](CCCCCC(=O)NCCOCCOCCOCCn3cc(CN([C@@H](C(=O)NO)C(C)C)S(=O)(=O)c4ccc(OC)cc4)nn3)c3ccc4ccc(S(=O)(=O)[O-])cc4c3C2(C)C)C(C)(C)c2c1ccc1c(S(=O)(=O)O)cccc21.O=S(=O)=O.O=S(=O)=O. The smallest absolute Gasteiger partial charge is 0.425 e. The molecule has 34 heteroatoms. The number of ether oxygens (including phenoxy) is 4. The molecule has 0 radical (unpaired) electrons. The first-order chi connectivity index (χ1) is 46.2. The van der Waals surface area contributed by atoms with E-state index in [2.05, 4.69) is 71.9 Å². The van der Waals surface area contributed by atoms with Gasteiger partial charge in [-0.1, -0.05) is 75.4 Å². The van der Waals surface area contributed by atoms with Gasteiger partial charge in [-0.15, -0.1) is 30.4 Å². The van der Waals surface area contributed by atoms with Gasteiger partial charge in [0.15, 0.2) is 5.71 Å². The van der Waals surface area contributed by atoms with Crippen LogP contribution in [0.25, 0.3) is 21.5 Å². The van der Waals surface area contributed by atoms with Gasteiger partial charge in [0.25, 0.3) is 16.0 Å². The van der Waals surface area contributed by atoms with Crippen LogP contribution >= 0.6 is 0 Å². The van der Waals surface area contributed by atoms with Gasteiger partial charge in [0.05, 0.1) is 80.7 Å². The van der Waals surface area contributed by atoms with Crippen molar-refractivity contribution in [2.24, 2.45) is 5.92 Å². The lowest BCUT2D eigenvalue weighted by molar-refractivity contribution is -0.438. The maximum Gasteiger partial charge on any atom is 0.425 e. The highest BCUT2D eigenvalue weighted by Crippen LogP contribution is 2.51. The second kappa shape index (κ2) is 35.2. The molecular formula is C64H80N8O21S5. The molecule has 0 fully saturated rings. The van der Waals surface area contributed by atoms with Crippen molar-refractivity contribution in [1.82, 2.24) is 30.1 Å². The minimum Gasteiger partial charge on any atom is -0.744 e. The first-order valence-corrected chi connectivity index (χ1v) is 37.1. The number of fused-ring (bicyclic) bond motifs is 6. The largest absolute Gasteiger partial charge is 0.744 e. The Morgan fingerprint density at radius 2 is 1.39 bits per heavy atom. The van der Waals surface area contributed by atoms with Gasteiger partial charge in [0.1, 0.15) is 33.3 Å². The van der Waals surface area contributed by atoms with Crippen LogP contribution in [0.4, 0.5) is 11.4 Å². The van der Waals surface area contributed by atoms with Crippen LogP contribution in [0.3, 0.4) is 0 Å². The van der Waals surface area contributed by atoms with Crippen LogP contribution in [0.15, 0.2) is 142 Å². The molecule has 0 unspecified atom stereocenters. The van der Waals surface area contributed by atoms with Gasteiger partial charge in [-0.3, -0.25) is 19.3 Å². The van der Waals surface area contributed by atoms with Gasteiger partial charge in [0.2, 0.25) is 21.6 Å². The van der Waals surface area contributed by atoms with Crippen LogP contribution in [-0.2, 0) is 99.2 Å². The summed E-state index contributed by atoms with van der Waals surface area (Å²) in [5.41, 5.74) is 6.43. The molecular weight excluding hydrogens is 1380 g/mol. The number of likely N-dealkylation sites (N-methyl/N-ethyl adjacent to an activating group) is 1. The van der Waals surface area contributed by atoms with Gasteiger partial charge in [-0.05, 0) is 122 Å². The van der Waals surface area contributed by atoms with Gasteiger partial charge in [-0.25, -0.2) is 27.0 Å². The first kappa shape index (κ1) is 79.0. The molecule has 0 bridgehead atoms. The van der Waals surface area contributed by atoms with Crippen LogP contribution in [0.1, 0.15) is 91.0 Å². The molecule has 0 spiro atoms. The lowest BCUT2D eigenvalue weighted by atomic mass is 9.79. The molecule has 1 aromatic heterocycles. The van der Waals surface area contributed by atoms with Crippen molar-refractivity contribution in [3.05, 3.63) is 144 Å². The number of allylic oxidation sites excluding steroid dienone is 6. The molecule has 0 aliphatic carbocycles. The van der Waals surface area contributed by atoms with E-state index < -0.39 is 80.2 Å². The number of amides is 2. The molecule has 0 saturated heterocycles. The molecule has 2 aliphatic heterocycles. The molecule has 5 aromatic carbocycles. The zero-order chi connectivity index (χ0) is 72.3. The number of hydrogen-bond donors (Lipinski definition) is 4. The zero-order valence-corrected chi connectivity index (χ0v) is 59.3. The summed E-state index contributed by atoms with van der Waals surface area (Å²) in [6.45, 7) is 17.1. The fourth-order valence-electron chi connectivity index (χ4n) is 12.0. The molecule has 1 atom stereocenters. The van der Waals surface area contributed by atoms with Crippen LogP contribution in [0.2, 0.25) is 0 Å². The summed E-state index contributed by atoms with van der Waals surface area (Å²) in [5.74, 6) is -1.05. The third kappa shape index (κ3) is 20.3. The number of carbonyl (C=O) groups excluding carboxylic acids is 2. The fraction of sp³-hybridized carbons (Fsp3) is 0.422. The van der Waals surface area contributed by atoms with E-state index in [1.807, 2.05) is 42.5 Å². The van der Waals surface area contributed by atoms with Crippen LogP contribution < -0.4 is 20.4 Å². The molecule has 532 valence electrons. The average molecular weight is 1460 g/mol. The number of unbranched alkanes of at least 4 members (excludes halogenated alkanes) is 2. The van der Waals surface area contributed by atoms with E-state index in [1.54, 1.807) is 43.7 Å². The van der Waals surface area contributed by atoms with E-state index in [9.17, 15) is 49.2 Å². The predicted octanol–water partition coefficient (Wildman–Crippen LogP) is 6.07. The molecule has 2 aliphatic rings. The molecule has 2 amide bonds. The van der Waals surface area contributed by atoms with E-state index in [0.717, 1.165) is 61.8 Å². The number of nitrogens with one attached hydrogen (secondary N) is 2. The molecule has 3 heterocycles. The molecule has 4 N–H and O–H groups in total. The third-order valence-corrected chi connectivity index (χ3v) is 19.8. The number of methoxy groups -OCH3 is 1. The summed E-state index contributed by atoms with van der Waals surface area (Å²) in [4.78, 5) is 27.3. The lowest BCUT2D eigenvalue weighted by Gasteiger charge is -2.31. The van der Waals surface area contributed by atoms with Gasteiger partial charge in [-0.2, -0.15) is 17.3 Å². The van der Waals surface area contributed by atoms with Crippen molar-refractivity contribution < 1.29 is 97.9 Å². The fourth-order valence-corrected chi connectivity index (χ4v) is 14.9.